The van der Waals surface area contributed by atoms with E-state index >= 15 is 0 Å². The number of aryl methyl sites for hydroxylation is 1. The van der Waals surface area contributed by atoms with E-state index in [9.17, 15) is 9.90 Å². The lowest BCUT2D eigenvalue weighted by Crippen LogP contribution is -2.20. The van der Waals surface area contributed by atoms with Crippen molar-refractivity contribution in [1.82, 2.24) is 0 Å². The molecule has 0 spiro atoms. The van der Waals surface area contributed by atoms with E-state index < -0.39 is 12.0 Å². The fourth-order valence-corrected chi connectivity index (χ4v) is 1.41. The van der Waals surface area contributed by atoms with Crippen molar-refractivity contribution in [2.45, 2.75) is 13.0 Å². The number of halogens is 1. The molecule has 0 unspecified atom stereocenters. The zero-order valence-electron chi connectivity index (χ0n) is 7.49. The van der Waals surface area contributed by atoms with Gasteiger partial charge in [-0.25, -0.2) is 0 Å². The molecule has 1 aromatic carbocycles. The summed E-state index contributed by atoms with van der Waals surface area (Å²) < 4.78 is 0. The molecular weight excluding hydrogens is 206 g/mol. The van der Waals surface area contributed by atoms with Gasteiger partial charge < -0.3 is 15.9 Å². The molecule has 0 saturated carbocycles. The van der Waals surface area contributed by atoms with Crippen LogP contribution in [0, 0.1) is 6.92 Å². The molecule has 14 heavy (non-hydrogen) atoms. The van der Waals surface area contributed by atoms with Crippen LogP contribution in [0.3, 0.4) is 0 Å². The van der Waals surface area contributed by atoms with Crippen molar-refractivity contribution < 1.29 is 15.0 Å². The van der Waals surface area contributed by atoms with E-state index in [2.05, 4.69) is 0 Å². The van der Waals surface area contributed by atoms with Gasteiger partial charge in [0, 0.05) is 5.56 Å². The maximum absolute atomic E-state index is 10.6. The molecule has 76 valence electrons. The van der Waals surface area contributed by atoms with Gasteiger partial charge in [-0.2, -0.15) is 0 Å². The first kappa shape index (κ1) is 10.8. The van der Waals surface area contributed by atoms with Gasteiger partial charge in [0.2, 0.25) is 0 Å². The molecule has 5 heteroatoms. The number of carboxylic acid groups (broad SMARTS) is 1. The molecule has 0 radical (unpaired) electrons. The van der Waals surface area contributed by atoms with E-state index in [0.29, 0.717) is 0 Å². The molecule has 0 aromatic heterocycles. The van der Waals surface area contributed by atoms with Crippen LogP contribution in [-0.4, -0.2) is 16.2 Å². The van der Waals surface area contributed by atoms with Crippen LogP contribution in [0.1, 0.15) is 17.2 Å². The number of phenolic OH excluding ortho intramolecular Hbond substituents is 1. The molecule has 1 rings (SSSR count). The highest BCUT2D eigenvalue weighted by Gasteiger charge is 2.19. The average Bonchev–Trinajstić information content (AvgIpc) is 2.09. The summed E-state index contributed by atoms with van der Waals surface area (Å²) in [5.74, 6) is -1.48. The van der Waals surface area contributed by atoms with E-state index in [1.54, 1.807) is 6.92 Å². The molecule has 0 aliphatic carbocycles. The molecule has 0 aliphatic heterocycles. The second-order valence-corrected chi connectivity index (χ2v) is 3.41. The third-order valence-electron chi connectivity index (χ3n) is 1.84. The molecule has 0 aliphatic rings. The zero-order valence-corrected chi connectivity index (χ0v) is 8.25. The highest BCUT2D eigenvalue weighted by atomic mass is 35.5. The summed E-state index contributed by atoms with van der Waals surface area (Å²) in [6, 6.07) is 1.78. The van der Waals surface area contributed by atoms with Gasteiger partial charge in [0.05, 0.1) is 5.02 Å². The second kappa shape index (κ2) is 3.86. The number of hydrogen-bond acceptors (Lipinski definition) is 3. The maximum Gasteiger partial charge on any atom is 0.325 e. The summed E-state index contributed by atoms with van der Waals surface area (Å²) in [4.78, 5) is 10.6. The lowest BCUT2D eigenvalue weighted by atomic mass is 10.0. The van der Waals surface area contributed by atoms with Crippen LogP contribution in [0.2, 0.25) is 5.02 Å². The van der Waals surface area contributed by atoms with Gasteiger partial charge in [-0.3, -0.25) is 4.79 Å². The predicted octanol–water partition coefficient (Wildman–Crippen LogP) is 1.44. The van der Waals surface area contributed by atoms with Crippen molar-refractivity contribution in [3.8, 4) is 5.75 Å². The summed E-state index contributed by atoms with van der Waals surface area (Å²) in [6.45, 7) is 1.74. The third kappa shape index (κ3) is 1.97. The van der Waals surface area contributed by atoms with Crippen LogP contribution >= 0.6 is 11.6 Å². The maximum atomic E-state index is 10.6. The van der Waals surface area contributed by atoms with E-state index in [1.165, 1.54) is 12.1 Å². The minimum Gasteiger partial charge on any atom is -0.506 e. The molecule has 1 atom stereocenters. The van der Waals surface area contributed by atoms with Gasteiger partial charge in [-0.05, 0) is 18.6 Å². The Bertz CT molecular complexity index is 379. The van der Waals surface area contributed by atoms with Crippen LogP contribution < -0.4 is 5.73 Å². The van der Waals surface area contributed by atoms with E-state index in [0.717, 1.165) is 5.56 Å². The van der Waals surface area contributed by atoms with Gasteiger partial charge in [-0.15, -0.1) is 0 Å². The Kier molecular flexibility index (Phi) is 2.98. The number of nitrogens with two attached hydrogens (primary N) is 1. The van der Waals surface area contributed by atoms with Crippen molar-refractivity contribution in [1.29, 1.82) is 0 Å². The largest absolute Gasteiger partial charge is 0.506 e. The molecule has 0 amide bonds. The normalized spacial score (nSPS) is 12.5. The smallest absolute Gasteiger partial charge is 0.325 e. The van der Waals surface area contributed by atoms with Crippen LogP contribution in [0.25, 0.3) is 0 Å². The van der Waals surface area contributed by atoms with Crippen molar-refractivity contribution in [3.63, 3.8) is 0 Å². The third-order valence-corrected chi connectivity index (χ3v) is 2.13. The highest BCUT2D eigenvalue weighted by molar-refractivity contribution is 6.32. The molecule has 0 heterocycles. The first-order valence-electron chi connectivity index (χ1n) is 3.91. The number of aliphatic carboxylic acids is 1. The molecule has 0 bridgehead atoms. The van der Waals surface area contributed by atoms with E-state index in [4.69, 9.17) is 22.4 Å². The summed E-state index contributed by atoms with van der Waals surface area (Å²) in [5, 5.41) is 18.2. The number of hydrogen-bond donors (Lipinski definition) is 3. The first-order chi connectivity index (χ1) is 6.43. The van der Waals surface area contributed by atoms with Crippen LogP contribution in [0.15, 0.2) is 12.1 Å². The Balaban J connectivity index is 3.26. The van der Waals surface area contributed by atoms with E-state index in [1.807, 2.05) is 0 Å². The number of phenols is 1. The molecule has 1 aromatic rings. The van der Waals surface area contributed by atoms with Gasteiger partial charge in [-0.1, -0.05) is 17.7 Å². The topological polar surface area (TPSA) is 83.5 Å². The Morgan fingerprint density at radius 1 is 1.57 bits per heavy atom. The Morgan fingerprint density at radius 2 is 2.14 bits per heavy atom. The van der Waals surface area contributed by atoms with Crippen molar-refractivity contribution in [2.24, 2.45) is 5.73 Å². The number of benzene rings is 1. The summed E-state index contributed by atoms with van der Waals surface area (Å²) in [5.41, 5.74) is 6.24. The molecule has 0 saturated heterocycles. The summed E-state index contributed by atoms with van der Waals surface area (Å²) in [7, 11) is 0. The highest BCUT2D eigenvalue weighted by Crippen LogP contribution is 2.32. The molecule has 4 N–H and O–H groups in total. The van der Waals surface area contributed by atoms with Gasteiger partial charge in [0.1, 0.15) is 11.8 Å². The number of rotatable bonds is 2. The van der Waals surface area contributed by atoms with Crippen LogP contribution in [0.5, 0.6) is 5.75 Å². The average molecular weight is 216 g/mol. The number of aromatic hydroxyl groups is 1. The van der Waals surface area contributed by atoms with Gasteiger partial charge in [0.25, 0.3) is 0 Å². The molecule has 4 nitrogen and oxygen atoms in total. The molecule has 0 fully saturated rings. The SMILES string of the molecule is Cc1cc(Cl)c(O)c([C@H](N)C(=O)O)c1. The minimum atomic E-state index is -1.26. The Hall–Kier alpha value is -1.26. The number of carbonyl (C=O) groups is 1. The monoisotopic (exact) mass is 215 g/mol. The van der Waals surface area contributed by atoms with Crippen LogP contribution in [-0.2, 0) is 4.79 Å². The van der Waals surface area contributed by atoms with Crippen molar-refractivity contribution in [3.05, 3.63) is 28.3 Å². The zero-order chi connectivity index (χ0) is 10.9. The quantitative estimate of drug-likeness (QED) is 0.697. The van der Waals surface area contributed by atoms with Crippen LogP contribution in [0.4, 0.5) is 0 Å². The lowest BCUT2D eigenvalue weighted by molar-refractivity contribution is -0.138. The molecular formula is C9H10ClNO3. The standard InChI is InChI=1S/C9H10ClNO3/c1-4-2-5(7(11)9(13)14)8(12)6(10)3-4/h2-3,7,12H,11H2,1H3,(H,13,14)/t7-/m0/s1. The summed E-state index contributed by atoms with van der Waals surface area (Å²) >= 11 is 5.67. The van der Waals surface area contributed by atoms with Gasteiger partial charge in [0.15, 0.2) is 0 Å². The minimum absolute atomic E-state index is 0.108. The Morgan fingerprint density at radius 3 is 2.64 bits per heavy atom. The second-order valence-electron chi connectivity index (χ2n) is 3.00. The number of carboxylic acids is 1. The lowest BCUT2D eigenvalue weighted by Gasteiger charge is -2.11. The summed E-state index contributed by atoms with van der Waals surface area (Å²) in [6.07, 6.45) is 0. The van der Waals surface area contributed by atoms with Crippen molar-refractivity contribution in [2.75, 3.05) is 0 Å². The predicted molar refractivity (Wildman–Crippen MR) is 52.4 cm³/mol. The fourth-order valence-electron chi connectivity index (χ4n) is 1.13. The van der Waals surface area contributed by atoms with Crippen molar-refractivity contribution >= 4 is 17.6 Å². The first-order valence-corrected chi connectivity index (χ1v) is 4.28. The fraction of sp³-hybridized carbons (Fsp3) is 0.222. The Labute approximate surface area is 85.9 Å². The van der Waals surface area contributed by atoms with E-state index in [-0.39, 0.29) is 16.3 Å². The van der Waals surface area contributed by atoms with Gasteiger partial charge >= 0.3 is 5.97 Å².